The number of carbonyl (C=O) groups is 2. The lowest BCUT2D eigenvalue weighted by Gasteiger charge is -2.44. The normalized spacial score (nSPS) is 21.7. The summed E-state index contributed by atoms with van der Waals surface area (Å²) in [4.78, 5) is 30.4. The summed E-state index contributed by atoms with van der Waals surface area (Å²) < 4.78 is 44.0. The van der Waals surface area contributed by atoms with Crippen LogP contribution < -0.4 is 0 Å². The number of rotatable bonds is 8. The number of hydrogen-bond donors (Lipinski definition) is 1. The van der Waals surface area contributed by atoms with Crippen molar-refractivity contribution in [3.05, 3.63) is 45.5 Å². The number of carbonyl (C=O) groups excluding carboxylic acids is 1. The third-order valence-electron chi connectivity index (χ3n) is 7.72. The average Bonchev–Trinajstić information content (AvgIpc) is 3.27. The average molecular weight is 575 g/mol. The van der Waals surface area contributed by atoms with Gasteiger partial charge < -0.3 is 10.0 Å². The Labute approximate surface area is 229 Å². The number of halogens is 5. The van der Waals surface area contributed by atoms with Crippen molar-refractivity contribution in [1.82, 2.24) is 19.7 Å². The van der Waals surface area contributed by atoms with Gasteiger partial charge in [-0.15, -0.1) is 0 Å². The van der Waals surface area contributed by atoms with Crippen LogP contribution in [0.2, 0.25) is 10.0 Å². The number of alkyl halides is 3. The molecule has 0 spiro atoms. The smallest absolute Gasteiger partial charge is 0.433 e. The molecule has 1 amide bonds. The molecule has 0 atom stereocenters. The highest BCUT2D eigenvalue weighted by atomic mass is 35.5. The van der Waals surface area contributed by atoms with Crippen LogP contribution in [0.5, 0.6) is 0 Å². The molecule has 2 heterocycles. The summed E-state index contributed by atoms with van der Waals surface area (Å²) in [5.74, 6) is -2.09. The van der Waals surface area contributed by atoms with E-state index in [1.54, 1.807) is 0 Å². The summed E-state index contributed by atoms with van der Waals surface area (Å²) >= 11 is 12.5. The van der Waals surface area contributed by atoms with E-state index in [9.17, 15) is 27.9 Å². The number of amides is 1. The molecule has 0 bridgehead atoms. The van der Waals surface area contributed by atoms with E-state index in [4.69, 9.17) is 23.2 Å². The molecule has 0 radical (unpaired) electrons. The van der Waals surface area contributed by atoms with Crippen molar-refractivity contribution in [2.45, 2.75) is 71.0 Å². The fourth-order valence-electron chi connectivity index (χ4n) is 5.96. The van der Waals surface area contributed by atoms with Crippen molar-refractivity contribution in [3.8, 4) is 0 Å². The van der Waals surface area contributed by atoms with Gasteiger partial charge in [-0.3, -0.25) is 19.3 Å². The van der Waals surface area contributed by atoms with Gasteiger partial charge in [-0.1, -0.05) is 37.0 Å². The maximum Gasteiger partial charge on any atom is 0.433 e. The highest BCUT2D eigenvalue weighted by molar-refractivity contribution is 6.35. The van der Waals surface area contributed by atoms with E-state index in [0.717, 1.165) is 23.7 Å². The number of aliphatic carboxylic acids is 1. The first-order valence-corrected chi connectivity index (χ1v) is 13.5. The first kappa shape index (κ1) is 28.7. The Kier molecular flexibility index (Phi) is 8.33. The standard InChI is InChI=1S/C26H31Cl2F3N4O3/c1-25(2)9-15(10-25)14-34(8-7-18-20(27)12-32-13-21(18)28)23(36)19-11-33-35(22(19)26(29,30)31)17-5-3-16(4-6-17)24(37)38/h11-13,15-17H,3-10,14H2,1-2H3,(H,37,38). The summed E-state index contributed by atoms with van der Waals surface area (Å²) in [7, 11) is 0. The number of aromatic nitrogens is 3. The molecule has 208 valence electrons. The van der Waals surface area contributed by atoms with Crippen LogP contribution in [0.25, 0.3) is 0 Å². The fraction of sp³-hybridized carbons (Fsp3) is 0.615. The molecule has 4 rings (SSSR count). The summed E-state index contributed by atoms with van der Waals surface area (Å²) in [5, 5.41) is 13.9. The number of carboxylic acid groups (broad SMARTS) is 1. The molecule has 2 aliphatic rings. The molecule has 12 heteroatoms. The zero-order valence-electron chi connectivity index (χ0n) is 21.3. The number of carboxylic acids is 1. The van der Waals surface area contributed by atoms with Crippen molar-refractivity contribution < 1.29 is 27.9 Å². The predicted octanol–water partition coefficient (Wildman–Crippen LogP) is 6.54. The van der Waals surface area contributed by atoms with Gasteiger partial charge in [0.05, 0.1) is 33.8 Å². The number of pyridine rings is 1. The molecule has 0 aliphatic heterocycles. The molecule has 38 heavy (non-hydrogen) atoms. The lowest BCUT2D eigenvalue weighted by atomic mass is 9.64. The summed E-state index contributed by atoms with van der Waals surface area (Å²) in [6.07, 6.45) is 2.07. The van der Waals surface area contributed by atoms with Gasteiger partial charge in [-0.2, -0.15) is 18.3 Å². The van der Waals surface area contributed by atoms with Crippen molar-refractivity contribution in [1.29, 1.82) is 0 Å². The Hall–Kier alpha value is -2.33. The zero-order valence-corrected chi connectivity index (χ0v) is 22.8. The maximum absolute atomic E-state index is 14.4. The first-order valence-electron chi connectivity index (χ1n) is 12.7. The van der Waals surface area contributed by atoms with E-state index in [1.165, 1.54) is 17.3 Å². The highest BCUT2D eigenvalue weighted by Gasteiger charge is 2.44. The van der Waals surface area contributed by atoms with Crippen molar-refractivity contribution in [3.63, 3.8) is 0 Å². The second-order valence-electron chi connectivity index (χ2n) is 11.2. The van der Waals surface area contributed by atoms with Gasteiger partial charge in [0, 0.05) is 25.5 Å². The molecule has 0 saturated heterocycles. The molecule has 2 saturated carbocycles. The quantitative estimate of drug-likeness (QED) is 0.386. The molecule has 0 aromatic carbocycles. The van der Waals surface area contributed by atoms with Crippen LogP contribution in [-0.4, -0.2) is 49.7 Å². The minimum atomic E-state index is -4.81. The SMILES string of the molecule is CC1(C)CC(CN(CCc2c(Cl)cncc2Cl)C(=O)c2cnn(C3CCC(C(=O)O)CC3)c2C(F)(F)F)C1. The van der Waals surface area contributed by atoms with Crippen molar-refractivity contribution in [2.24, 2.45) is 17.3 Å². The Balaban J connectivity index is 1.61. The van der Waals surface area contributed by atoms with Crippen LogP contribution in [0.4, 0.5) is 13.2 Å². The highest BCUT2D eigenvalue weighted by Crippen LogP contribution is 2.45. The molecule has 1 N–H and O–H groups in total. The largest absolute Gasteiger partial charge is 0.481 e. The van der Waals surface area contributed by atoms with Gasteiger partial charge in [0.25, 0.3) is 5.91 Å². The molecule has 2 aromatic rings. The van der Waals surface area contributed by atoms with Gasteiger partial charge >= 0.3 is 12.1 Å². The minimum absolute atomic E-state index is 0.130. The van der Waals surface area contributed by atoms with Gasteiger partial charge in [0.15, 0.2) is 5.69 Å². The Morgan fingerprint density at radius 1 is 1.11 bits per heavy atom. The third kappa shape index (κ3) is 6.28. The molecular formula is C26H31Cl2F3N4O3. The van der Waals surface area contributed by atoms with Crippen molar-refractivity contribution >= 4 is 35.1 Å². The summed E-state index contributed by atoms with van der Waals surface area (Å²) in [6, 6.07) is -0.626. The van der Waals surface area contributed by atoms with E-state index >= 15 is 0 Å². The van der Waals surface area contributed by atoms with E-state index in [2.05, 4.69) is 23.9 Å². The van der Waals surface area contributed by atoms with Crippen LogP contribution >= 0.6 is 23.2 Å². The van der Waals surface area contributed by atoms with Gasteiger partial charge in [-0.25, -0.2) is 0 Å². The Morgan fingerprint density at radius 3 is 2.24 bits per heavy atom. The Morgan fingerprint density at radius 2 is 1.71 bits per heavy atom. The maximum atomic E-state index is 14.4. The van der Waals surface area contributed by atoms with E-state index in [1.807, 2.05) is 0 Å². The third-order valence-corrected chi connectivity index (χ3v) is 8.37. The molecule has 2 aliphatic carbocycles. The number of nitrogens with zero attached hydrogens (tertiary/aromatic N) is 4. The van der Waals surface area contributed by atoms with Crippen LogP contribution in [0, 0.1) is 17.3 Å². The minimum Gasteiger partial charge on any atom is -0.481 e. The van der Waals surface area contributed by atoms with Gasteiger partial charge in [0.2, 0.25) is 0 Å². The van der Waals surface area contributed by atoms with Gasteiger partial charge in [0.1, 0.15) is 0 Å². The van der Waals surface area contributed by atoms with Crippen molar-refractivity contribution in [2.75, 3.05) is 13.1 Å². The van der Waals surface area contributed by atoms with Crippen LogP contribution in [0.15, 0.2) is 18.6 Å². The first-order chi connectivity index (χ1) is 17.8. The second-order valence-corrected chi connectivity index (χ2v) is 12.0. The monoisotopic (exact) mass is 574 g/mol. The fourth-order valence-corrected chi connectivity index (χ4v) is 6.51. The van der Waals surface area contributed by atoms with Crippen LogP contribution in [0.1, 0.15) is 80.0 Å². The summed E-state index contributed by atoms with van der Waals surface area (Å²) in [6.45, 7) is 4.69. The van der Waals surface area contributed by atoms with E-state index < -0.39 is 41.3 Å². The molecule has 2 fully saturated rings. The molecule has 7 nitrogen and oxygen atoms in total. The second kappa shape index (κ2) is 11.0. The van der Waals surface area contributed by atoms with E-state index in [-0.39, 0.29) is 50.0 Å². The topological polar surface area (TPSA) is 88.3 Å². The van der Waals surface area contributed by atoms with Gasteiger partial charge in [-0.05, 0) is 61.8 Å². The zero-order chi connectivity index (χ0) is 27.8. The molecular weight excluding hydrogens is 544 g/mol. The number of hydrogen-bond acceptors (Lipinski definition) is 4. The van der Waals surface area contributed by atoms with Crippen LogP contribution in [0.3, 0.4) is 0 Å². The lowest BCUT2D eigenvalue weighted by molar-refractivity contribution is -0.147. The predicted molar refractivity (Wildman–Crippen MR) is 136 cm³/mol. The summed E-state index contributed by atoms with van der Waals surface area (Å²) in [5.41, 5.74) is -0.867. The van der Waals surface area contributed by atoms with E-state index in [0.29, 0.717) is 22.2 Å². The van der Waals surface area contributed by atoms with Crippen LogP contribution in [-0.2, 0) is 17.4 Å². The molecule has 2 aromatic heterocycles. The Bertz CT molecular complexity index is 1160. The lowest BCUT2D eigenvalue weighted by Crippen LogP contribution is -2.44. The molecule has 0 unspecified atom stereocenters.